The third-order valence-corrected chi connectivity index (χ3v) is 8.65. The number of amides is 2. The number of likely N-dealkylation sites (tertiary alicyclic amines) is 1. The van der Waals surface area contributed by atoms with Crippen molar-refractivity contribution in [2.45, 2.75) is 87.5 Å². The number of piperidine rings is 1. The molecule has 2 saturated heterocycles. The van der Waals surface area contributed by atoms with Gasteiger partial charge < -0.3 is 14.5 Å². The highest BCUT2D eigenvalue weighted by Crippen LogP contribution is 2.39. The van der Waals surface area contributed by atoms with Crippen molar-refractivity contribution >= 4 is 34.8 Å². The van der Waals surface area contributed by atoms with Gasteiger partial charge in [0.2, 0.25) is 0 Å². The van der Waals surface area contributed by atoms with Crippen LogP contribution in [0.4, 0.5) is 4.79 Å². The number of nitrogens with zero attached hydrogens (tertiary/aromatic N) is 5. The lowest BCUT2D eigenvalue weighted by molar-refractivity contribution is 0.0259. The first-order valence-electron chi connectivity index (χ1n) is 12.6. The second kappa shape index (κ2) is 9.06. The van der Waals surface area contributed by atoms with Gasteiger partial charge in [0.05, 0.1) is 23.2 Å². The van der Waals surface area contributed by atoms with Crippen LogP contribution in [0.3, 0.4) is 0 Å². The van der Waals surface area contributed by atoms with Gasteiger partial charge in [0, 0.05) is 42.5 Å². The van der Waals surface area contributed by atoms with Crippen molar-refractivity contribution in [3.05, 3.63) is 17.5 Å². The molecule has 0 unspecified atom stereocenters. The molecule has 2 aliphatic heterocycles. The molecule has 0 aromatic carbocycles. The fraction of sp³-hybridized carbons (Fsp3) is 0.680. The van der Waals surface area contributed by atoms with E-state index in [2.05, 4.69) is 23.9 Å². The summed E-state index contributed by atoms with van der Waals surface area (Å²) in [4.78, 5) is 35.8. The SMILES string of the molecule is Cc1nn(C)c2ncc(C(=O)N3CCC(N4CC5(CCCCC5)OC4=O)CC3)c(SC(C)C)c12. The molecule has 34 heavy (non-hydrogen) atoms. The van der Waals surface area contributed by atoms with Gasteiger partial charge in [-0.1, -0.05) is 20.3 Å². The summed E-state index contributed by atoms with van der Waals surface area (Å²) in [6.07, 6.45) is 8.58. The van der Waals surface area contributed by atoms with Crippen LogP contribution in [0.1, 0.15) is 74.8 Å². The normalized spacial score (nSPS) is 21.1. The smallest absolute Gasteiger partial charge is 0.410 e. The second-order valence-electron chi connectivity index (χ2n) is 10.3. The summed E-state index contributed by atoms with van der Waals surface area (Å²) in [5, 5.41) is 5.84. The van der Waals surface area contributed by atoms with Crippen molar-refractivity contribution in [3.8, 4) is 0 Å². The third kappa shape index (κ3) is 4.16. The maximum Gasteiger partial charge on any atom is 0.410 e. The molecule has 1 spiro atoms. The molecule has 8 nitrogen and oxygen atoms in total. The number of aryl methyl sites for hydroxylation is 2. The van der Waals surface area contributed by atoms with E-state index in [0.717, 1.165) is 60.1 Å². The highest BCUT2D eigenvalue weighted by Gasteiger charge is 2.48. The van der Waals surface area contributed by atoms with E-state index >= 15 is 0 Å². The molecule has 9 heteroatoms. The van der Waals surface area contributed by atoms with Crippen molar-refractivity contribution in [1.29, 1.82) is 0 Å². The van der Waals surface area contributed by atoms with E-state index < -0.39 is 0 Å². The van der Waals surface area contributed by atoms with Crippen LogP contribution in [0.2, 0.25) is 0 Å². The maximum absolute atomic E-state index is 13.6. The Morgan fingerprint density at radius 2 is 1.91 bits per heavy atom. The van der Waals surface area contributed by atoms with Crippen molar-refractivity contribution < 1.29 is 14.3 Å². The van der Waals surface area contributed by atoms with Gasteiger partial charge in [-0.3, -0.25) is 9.48 Å². The molecule has 3 aliphatic rings. The first kappa shape index (κ1) is 23.5. The predicted octanol–water partition coefficient (Wildman–Crippen LogP) is 4.54. The molecule has 0 bridgehead atoms. The molecule has 0 atom stereocenters. The summed E-state index contributed by atoms with van der Waals surface area (Å²) < 4.78 is 7.67. The van der Waals surface area contributed by atoms with E-state index in [1.165, 1.54) is 6.42 Å². The zero-order chi connectivity index (χ0) is 24.0. The Balaban J connectivity index is 1.32. The predicted molar refractivity (Wildman–Crippen MR) is 132 cm³/mol. The monoisotopic (exact) mass is 485 g/mol. The largest absolute Gasteiger partial charge is 0.441 e. The summed E-state index contributed by atoms with van der Waals surface area (Å²) in [6, 6.07) is 0.142. The van der Waals surface area contributed by atoms with Crippen molar-refractivity contribution in [3.63, 3.8) is 0 Å². The number of hydrogen-bond donors (Lipinski definition) is 0. The Labute approximate surface area is 205 Å². The molecule has 2 amide bonds. The number of thioether (sulfide) groups is 1. The van der Waals surface area contributed by atoms with Gasteiger partial charge in [0.25, 0.3) is 5.91 Å². The molecule has 2 aromatic heterocycles. The fourth-order valence-corrected chi connectivity index (χ4v) is 6.92. The van der Waals surface area contributed by atoms with E-state index in [0.29, 0.717) is 30.4 Å². The zero-order valence-corrected chi connectivity index (χ0v) is 21.5. The van der Waals surface area contributed by atoms with Crippen LogP contribution < -0.4 is 0 Å². The second-order valence-corrected chi connectivity index (χ2v) is 11.9. The fourth-order valence-electron chi connectivity index (χ4n) is 5.83. The van der Waals surface area contributed by atoms with Crippen LogP contribution in [-0.2, 0) is 11.8 Å². The van der Waals surface area contributed by atoms with E-state index in [1.807, 2.05) is 23.8 Å². The van der Waals surface area contributed by atoms with Crippen LogP contribution in [0, 0.1) is 6.92 Å². The van der Waals surface area contributed by atoms with Crippen molar-refractivity contribution in [1.82, 2.24) is 24.6 Å². The number of hydrogen-bond acceptors (Lipinski definition) is 6. The molecule has 0 radical (unpaired) electrons. The van der Waals surface area contributed by atoms with E-state index in [9.17, 15) is 9.59 Å². The van der Waals surface area contributed by atoms with Crippen LogP contribution >= 0.6 is 11.8 Å². The molecule has 184 valence electrons. The Hall–Kier alpha value is -2.29. The van der Waals surface area contributed by atoms with Gasteiger partial charge in [-0.2, -0.15) is 5.10 Å². The maximum atomic E-state index is 13.6. The number of carbonyl (C=O) groups excluding carboxylic acids is 2. The Morgan fingerprint density at radius 1 is 1.21 bits per heavy atom. The molecule has 1 aliphatic carbocycles. The Morgan fingerprint density at radius 3 is 2.59 bits per heavy atom. The molecular formula is C25H35N5O3S. The first-order valence-corrected chi connectivity index (χ1v) is 13.4. The lowest BCUT2D eigenvalue weighted by atomic mass is 9.84. The topological polar surface area (TPSA) is 80.6 Å². The van der Waals surface area contributed by atoms with Crippen LogP contribution in [-0.4, -0.2) is 73.1 Å². The quantitative estimate of drug-likeness (QED) is 0.592. The molecule has 2 aromatic rings. The number of rotatable bonds is 4. The van der Waals surface area contributed by atoms with E-state index in [-0.39, 0.29) is 23.6 Å². The zero-order valence-electron chi connectivity index (χ0n) is 20.7. The average Bonchev–Trinajstić information content (AvgIpc) is 3.29. The average molecular weight is 486 g/mol. The van der Waals surface area contributed by atoms with E-state index in [1.54, 1.807) is 22.6 Å². The summed E-state index contributed by atoms with van der Waals surface area (Å²) in [7, 11) is 1.89. The van der Waals surface area contributed by atoms with E-state index in [4.69, 9.17) is 4.74 Å². The minimum absolute atomic E-state index is 0.0204. The molecule has 4 heterocycles. The highest BCUT2D eigenvalue weighted by molar-refractivity contribution is 8.00. The van der Waals surface area contributed by atoms with Gasteiger partial charge in [0.1, 0.15) is 5.60 Å². The Bertz CT molecular complexity index is 1100. The number of pyridine rings is 1. The van der Waals surface area contributed by atoms with Crippen molar-refractivity contribution in [2.24, 2.45) is 7.05 Å². The first-order chi connectivity index (χ1) is 16.3. The Kier molecular flexibility index (Phi) is 6.25. The number of fused-ring (bicyclic) bond motifs is 1. The van der Waals surface area contributed by atoms with Crippen LogP contribution in [0.15, 0.2) is 11.1 Å². The van der Waals surface area contributed by atoms with Gasteiger partial charge >= 0.3 is 6.09 Å². The standard InChI is InChI=1S/C25H35N5O3S/c1-16(2)34-21-19(14-26-22-20(21)17(3)27-28(22)4)23(31)29-12-8-18(9-13-29)30-15-25(33-24(30)32)10-6-5-7-11-25/h14,16,18H,5-13,15H2,1-4H3. The lowest BCUT2D eigenvalue weighted by Gasteiger charge is -2.37. The lowest BCUT2D eigenvalue weighted by Crippen LogP contribution is -2.48. The van der Waals surface area contributed by atoms with Crippen molar-refractivity contribution in [2.75, 3.05) is 19.6 Å². The molecule has 0 N–H and O–H groups in total. The van der Waals surface area contributed by atoms with Gasteiger partial charge in [-0.15, -0.1) is 11.8 Å². The number of carbonyl (C=O) groups is 2. The number of ether oxygens (including phenoxy) is 1. The van der Waals surface area contributed by atoms with Gasteiger partial charge in [0.15, 0.2) is 5.65 Å². The molecule has 5 rings (SSSR count). The van der Waals surface area contributed by atoms with Gasteiger partial charge in [-0.25, -0.2) is 9.78 Å². The summed E-state index contributed by atoms with van der Waals surface area (Å²) >= 11 is 1.70. The summed E-state index contributed by atoms with van der Waals surface area (Å²) in [5.74, 6) is 0.0204. The minimum Gasteiger partial charge on any atom is -0.441 e. The summed E-state index contributed by atoms with van der Waals surface area (Å²) in [5.41, 5.74) is 2.08. The molecular weight excluding hydrogens is 450 g/mol. The minimum atomic E-state index is -0.270. The molecule has 1 saturated carbocycles. The van der Waals surface area contributed by atoms with Crippen LogP contribution in [0.25, 0.3) is 11.0 Å². The van der Waals surface area contributed by atoms with Gasteiger partial charge in [-0.05, 0) is 45.4 Å². The van der Waals surface area contributed by atoms with Crippen LogP contribution in [0.5, 0.6) is 0 Å². The number of aromatic nitrogens is 3. The molecule has 3 fully saturated rings. The third-order valence-electron chi connectivity index (χ3n) is 7.52. The highest BCUT2D eigenvalue weighted by atomic mass is 32.2. The summed E-state index contributed by atoms with van der Waals surface area (Å²) in [6.45, 7) is 8.22.